The monoisotopic (exact) mass is 331 g/mol. The van der Waals surface area contributed by atoms with Gasteiger partial charge in [-0.25, -0.2) is 0 Å². The van der Waals surface area contributed by atoms with Crippen LogP contribution in [0, 0.1) is 20.2 Å². The number of nitro benzene ring substituents is 2. The molecule has 0 aliphatic rings. The van der Waals surface area contributed by atoms with Crippen molar-refractivity contribution >= 4 is 33.0 Å². The van der Waals surface area contributed by atoms with Gasteiger partial charge in [0.15, 0.2) is 5.69 Å². The van der Waals surface area contributed by atoms with Crippen LogP contribution in [-0.4, -0.2) is 15.9 Å². The standard InChI is InChI=1S/C11H14BrN3O4/c1-3-8(4-2)13-11-9(14(16)17)5-7(12)6-10(11)15(18)19/h5-6,8,13H,3-4H2,1-2H3. The van der Waals surface area contributed by atoms with Gasteiger partial charge in [0.25, 0.3) is 0 Å². The van der Waals surface area contributed by atoms with E-state index >= 15 is 0 Å². The Morgan fingerprint density at radius 1 is 1.16 bits per heavy atom. The van der Waals surface area contributed by atoms with Crippen LogP contribution >= 0.6 is 15.9 Å². The third-order valence-corrected chi connectivity index (χ3v) is 3.25. The van der Waals surface area contributed by atoms with Gasteiger partial charge in [-0.15, -0.1) is 0 Å². The van der Waals surface area contributed by atoms with Gasteiger partial charge in [0, 0.05) is 22.6 Å². The molecule has 0 bridgehead atoms. The smallest absolute Gasteiger partial charge is 0.300 e. The lowest BCUT2D eigenvalue weighted by Crippen LogP contribution is -2.18. The van der Waals surface area contributed by atoms with Crippen LogP contribution in [0.3, 0.4) is 0 Å². The zero-order chi connectivity index (χ0) is 14.6. The van der Waals surface area contributed by atoms with Crippen LogP contribution in [-0.2, 0) is 0 Å². The van der Waals surface area contributed by atoms with Crippen LogP contribution in [0.25, 0.3) is 0 Å². The number of hydrogen-bond donors (Lipinski definition) is 1. The van der Waals surface area contributed by atoms with Gasteiger partial charge in [0.05, 0.1) is 9.85 Å². The highest BCUT2D eigenvalue weighted by atomic mass is 79.9. The summed E-state index contributed by atoms with van der Waals surface area (Å²) in [6, 6.07) is 2.48. The fourth-order valence-corrected chi connectivity index (χ4v) is 2.14. The SMILES string of the molecule is CCC(CC)Nc1c([N+](=O)[O-])cc(Br)cc1[N+](=O)[O-]. The van der Waals surface area contributed by atoms with Crippen molar-refractivity contribution < 1.29 is 9.85 Å². The topological polar surface area (TPSA) is 98.3 Å². The van der Waals surface area contributed by atoms with Gasteiger partial charge < -0.3 is 5.32 Å². The van der Waals surface area contributed by atoms with E-state index < -0.39 is 9.85 Å². The predicted octanol–water partition coefficient (Wildman–Crippen LogP) is 3.87. The predicted molar refractivity (Wildman–Crippen MR) is 75.4 cm³/mol. The number of halogens is 1. The lowest BCUT2D eigenvalue weighted by atomic mass is 10.1. The molecule has 0 heterocycles. The summed E-state index contributed by atoms with van der Waals surface area (Å²) in [5, 5.41) is 25.0. The maximum Gasteiger partial charge on any atom is 0.300 e. The molecule has 0 fully saturated rings. The highest BCUT2D eigenvalue weighted by molar-refractivity contribution is 9.10. The van der Waals surface area contributed by atoms with Crippen LogP contribution < -0.4 is 5.32 Å². The second-order valence-electron chi connectivity index (χ2n) is 3.99. The van der Waals surface area contributed by atoms with E-state index in [2.05, 4.69) is 21.2 Å². The largest absolute Gasteiger partial charge is 0.371 e. The Hall–Kier alpha value is -1.70. The number of rotatable bonds is 6. The van der Waals surface area contributed by atoms with Crippen LogP contribution in [0.5, 0.6) is 0 Å². The molecule has 0 aliphatic carbocycles. The van der Waals surface area contributed by atoms with Crippen molar-refractivity contribution in [2.45, 2.75) is 32.7 Å². The Labute approximate surface area is 118 Å². The van der Waals surface area contributed by atoms with E-state index in [-0.39, 0.29) is 23.1 Å². The second kappa shape index (κ2) is 6.46. The summed E-state index contributed by atoms with van der Waals surface area (Å²) in [5.74, 6) is 0. The maximum atomic E-state index is 11.0. The van der Waals surface area contributed by atoms with E-state index in [1.165, 1.54) is 12.1 Å². The number of benzene rings is 1. The first kappa shape index (κ1) is 15.4. The fraction of sp³-hybridized carbons (Fsp3) is 0.455. The van der Waals surface area contributed by atoms with E-state index in [9.17, 15) is 20.2 Å². The molecule has 0 atom stereocenters. The molecule has 0 saturated heterocycles. The molecule has 7 nitrogen and oxygen atoms in total. The lowest BCUT2D eigenvalue weighted by Gasteiger charge is -2.16. The normalized spacial score (nSPS) is 10.5. The molecule has 0 aromatic heterocycles. The zero-order valence-electron chi connectivity index (χ0n) is 10.6. The quantitative estimate of drug-likeness (QED) is 0.630. The molecule has 0 unspecified atom stereocenters. The summed E-state index contributed by atoms with van der Waals surface area (Å²) in [4.78, 5) is 20.8. The van der Waals surface area contributed by atoms with Crippen LogP contribution in [0.15, 0.2) is 16.6 Å². The van der Waals surface area contributed by atoms with E-state index in [0.717, 1.165) is 12.8 Å². The molecular formula is C11H14BrN3O4. The minimum absolute atomic E-state index is 0.0353. The molecule has 1 aromatic rings. The third-order valence-electron chi connectivity index (χ3n) is 2.79. The third kappa shape index (κ3) is 3.63. The van der Waals surface area contributed by atoms with E-state index in [0.29, 0.717) is 4.47 Å². The summed E-state index contributed by atoms with van der Waals surface area (Å²) in [7, 11) is 0. The molecule has 104 valence electrons. The van der Waals surface area contributed by atoms with Gasteiger partial charge in [0.2, 0.25) is 0 Å². The summed E-state index contributed by atoms with van der Waals surface area (Å²) < 4.78 is 0.306. The molecule has 0 saturated carbocycles. The Morgan fingerprint density at radius 3 is 1.89 bits per heavy atom. The number of nitrogens with zero attached hydrogens (tertiary/aromatic N) is 2. The minimum atomic E-state index is -0.623. The Kier molecular flexibility index (Phi) is 5.22. The Bertz CT molecular complexity index is 468. The van der Waals surface area contributed by atoms with Crippen LogP contribution in [0.2, 0.25) is 0 Å². The van der Waals surface area contributed by atoms with Crippen molar-refractivity contribution in [3.05, 3.63) is 36.8 Å². The van der Waals surface area contributed by atoms with Gasteiger partial charge in [-0.1, -0.05) is 29.8 Å². The average molecular weight is 332 g/mol. The van der Waals surface area contributed by atoms with Crippen molar-refractivity contribution in [2.75, 3.05) is 5.32 Å². The Balaban J connectivity index is 3.38. The summed E-state index contributed by atoms with van der Waals surface area (Å²) in [6.07, 6.45) is 1.45. The van der Waals surface area contributed by atoms with E-state index in [1.807, 2.05) is 13.8 Å². The van der Waals surface area contributed by atoms with Gasteiger partial charge in [-0.3, -0.25) is 20.2 Å². The van der Waals surface area contributed by atoms with Crippen molar-refractivity contribution in [3.63, 3.8) is 0 Å². The minimum Gasteiger partial charge on any atom is -0.371 e. The Morgan fingerprint density at radius 2 is 1.58 bits per heavy atom. The first-order valence-corrected chi connectivity index (χ1v) is 6.58. The number of anilines is 1. The molecular weight excluding hydrogens is 318 g/mol. The first-order chi connectivity index (χ1) is 8.90. The molecule has 0 aliphatic heterocycles. The maximum absolute atomic E-state index is 11.0. The summed E-state index contributed by atoms with van der Waals surface area (Å²) >= 11 is 3.05. The second-order valence-corrected chi connectivity index (χ2v) is 4.91. The molecule has 1 rings (SSSR count). The van der Waals surface area contributed by atoms with Gasteiger partial charge in [-0.05, 0) is 12.8 Å². The molecule has 0 amide bonds. The molecule has 19 heavy (non-hydrogen) atoms. The molecule has 0 radical (unpaired) electrons. The van der Waals surface area contributed by atoms with Crippen molar-refractivity contribution in [2.24, 2.45) is 0 Å². The average Bonchev–Trinajstić information content (AvgIpc) is 2.36. The van der Waals surface area contributed by atoms with Crippen LogP contribution in [0.4, 0.5) is 17.1 Å². The van der Waals surface area contributed by atoms with Crippen molar-refractivity contribution in [1.82, 2.24) is 0 Å². The highest BCUT2D eigenvalue weighted by Crippen LogP contribution is 2.38. The summed E-state index contributed by atoms with van der Waals surface area (Å²) in [6.45, 7) is 3.83. The van der Waals surface area contributed by atoms with Gasteiger partial charge >= 0.3 is 11.4 Å². The molecule has 1 N–H and O–H groups in total. The van der Waals surface area contributed by atoms with Gasteiger partial charge in [0.1, 0.15) is 0 Å². The van der Waals surface area contributed by atoms with Gasteiger partial charge in [-0.2, -0.15) is 0 Å². The van der Waals surface area contributed by atoms with Crippen molar-refractivity contribution in [1.29, 1.82) is 0 Å². The molecule has 8 heteroatoms. The lowest BCUT2D eigenvalue weighted by molar-refractivity contribution is -0.392. The van der Waals surface area contributed by atoms with E-state index in [1.54, 1.807) is 0 Å². The molecule has 1 aromatic carbocycles. The first-order valence-electron chi connectivity index (χ1n) is 5.79. The van der Waals surface area contributed by atoms with E-state index in [4.69, 9.17) is 0 Å². The number of nitro groups is 2. The number of nitrogens with one attached hydrogen (secondary N) is 1. The van der Waals surface area contributed by atoms with Crippen molar-refractivity contribution in [3.8, 4) is 0 Å². The zero-order valence-corrected chi connectivity index (χ0v) is 12.1. The fourth-order valence-electron chi connectivity index (χ4n) is 1.71. The van der Waals surface area contributed by atoms with Crippen LogP contribution in [0.1, 0.15) is 26.7 Å². The summed E-state index contributed by atoms with van der Waals surface area (Å²) in [5.41, 5.74) is -0.632. The molecule has 0 spiro atoms. The highest BCUT2D eigenvalue weighted by Gasteiger charge is 2.27. The number of hydrogen-bond acceptors (Lipinski definition) is 5.